The van der Waals surface area contributed by atoms with Gasteiger partial charge in [-0.2, -0.15) is 0 Å². The molecule has 1 aromatic carbocycles. The van der Waals surface area contributed by atoms with Crippen LogP contribution in [-0.4, -0.2) is 26.6 Å². The van der Waals surface area contributed by atoms with Gasteiger partial charge in [-0.3, -0.25) is 0 Å². The molecule has 0 fully saturated rings. The lowest BCUT2D eigenvalue weighted by atomic mass is 10.1. The average molecular weight is 237 g/mol. The van der Waals surface area contributed by atoms with E-state index in [-0.39, 0.29) is 6.04 Å². The molecule has 0 radical (unpaired) electrons. The number of hydrogen-bond donors (Lipinski definition) is 1. The summed E-state index contributed by atoms with van der Waals surface area (Å²) in [6.07, 6.45) is 0. The number of hydrogen-bond acceptors (Lipinski definition) is 4. The Morgan fingerprint density at radius 3 is 3.12 bits per heavy atom. The molecule has 0 aliphatic carbocycles. The van der Waals surface area contributed by atoms with E-state index in [2.05, 4.69) is 18.3 Å². The van der Waals surface area contributed by atoms with Gasteiger partial charge in [-0.05, 0) is 19.9 Å². The molecule has 1 atom stereocenters. The molecule has 0 amide bonds. The van der Waals surface area contributed by atoms with Crippen LogP contribution >= 0.6 is 0 Å². The Kier molecular flexibility index (Phi) is 4.23. The standard InChI is InChI=1S/C13H19NO3/c1-3-15-8-7-14-10(2)11-5-4-6-12-13(11)17-9-16-12/h4-6,10,14H,3,7-9H2,1-2H3. The van der Waals surface area contributed by atoms with Crippen molar-refractivity contribution in [2.75, 3.05) is 26.6 Å². The molecule has 4 heteroatoms. The molecule has 17 heavy (non-hydrogen) atoms. The molecule has 2 rings (SSSR count). The van der Waals surface area contributed by atoms with Crippen molar-refractivity contribution in [3.05, 3.63) is 23.8 Å². The smallest absolute Gasteiger partial charge is 0.231 e. The van der Waals surface area contributed by atoms with E-state index in [0.717, 1.165) is 36.8 Å². The third-order valence-corrected chi connectivity index (χ3v) is 2.79. The molecule has 1 N–H and O–H groups in total. The highest BCUT2D eigenvalue weighted by Crippen LogP contribution is 2.38. The molecular formula is C13H19NO3. The highest BCUT2D eigenvalue weighted by Gasteiger charge is 2.20. The maximum atomic E-state index is 5.48. The minimum atomic E-state index is 0.229. The van der Waals surface area contributed by atoms with Crippen LogP contribution in [0.1, 0.15) is 25.5 Å². The molecule has 4 nitrogen and oxygen atoms in total. The van der Waals surface area contributed by atoms with Gasteiger partial charge in [-0.25, -0.2) is 0 Å². The van der Waals surface area contributed by atoms with Gasteiger partial charge in [0.05, 0.1) is 6.61 Å². The average Bonchev–Trinajstić information content (AvgIpc) is 2.82. The topological polar surface area (TPSA) is 39.7 Å². The molecule has 0 saturated heterocycles. The van der Waals surface area contributed by atoms with E-state index < -0.39 is 0 Å². The molecule has 1 aromatic rings. The SMILES string of the molecule is CCOCCNC(C)c1cccc2c1OCO2. The van der Waals surface area contributed by atoms with Crippen LogP contribution < -0.4 is 14.8 Å². The first-order chi connectivity index (χ1) is 8.33. The summed E-state index contributed by atoms with van der Waals surface area (Å²) in [6, 6.07) is 6.21. The van der Waals surface area contributed by atoms with Crippen molar-refractivity contribution >= 4 is 0 Å². The van der Waals surface area contributed by atoms with E-state index in [1.54, 1.807) is 0 Å². The maximum absolute atomic E-state index is 5.48. The van der Waals surface area contributed by atoms with Gasteiger partial charge in [0, 0.05) is 24.8 Å². The Morgan fingerprint density at radius 1 is 1.41 bits per heavy atom. The molecule has 1 aliphatic heterocycles. The van der Waals surface area contributed by atoms with Crippen molar-refractivity contribution in [1.29, 1.82) is 0 Å². The Bertz CT molecular complexity index is 368. The van der Waals surface area contributed by atoms with Crippen molar-refractivity contribution in [2.45, 2.75) is 19.9 Å². The number of rotatable bonds is 6. The van der Waals surface area contributed by atoms with Crippen molar-refractivity contribution in [3.8, 4) is 11.5 Å². The number of para-hydroxylation sites is 1. The Morgan fingerprint density at radius 2 is 2.29 bits per heavy atom. The first kappa shape index (κ1) is 12.2. The minimum Gasteiger partial charge on any atom is -0.454 e. The van der Waals surface area contributed by atoms with Gasteiger partial charge in [-0.1, -0.05) is 12.1 Å². The first-order valence-electron chi connectivity index (χ1n) is 6.02. The van der Waals surface area contributed by atoms with E-state index >= 15 is 0 Å². The van der Waals surface area contributed by atoms with Crippen molar-refractivity contribution < 1.29 is 14.2 Å². The predicted octanol–water partition coefficient (Wildman–Crippen LogP) is 2.10. The fraction of sp³-hybridized carbons (Fsp3) is 0.538. The molecule has 0 bridgehead atoms. The molecule has 1 aliphatic rings. The Balaban J connectivity index is 1.95. The normalized spacial score (nSPS) is 14.9. The third-order valence-electron chi connectivity index (χ3n) is 2.79. The van der Waals surface area contributed by atoms with E-state index in [4.69, 9.17) is 14.2 Å². The number of nitrogens with one attached hydrogen (secondary N) is 1. The largest absolute Gasteiger partial charge is 0.454 e. The summed E-state index contributed by atoms with van der Waals surface area (Å²) in [5, 5.41) is 3.40. The van der Waals surface area contributed by atoms with E-state index in [0.29, 0.717) is 6.79 Å². The summed E-state index contributed by atoms with van der Waals surface area (Å²) < 4.78 is 16.1. The molecule has 0 aromatic heterocycles. The van der Waals surface area contributed by atoms with Crippen LogP contribution in [0, 0.1) is 0 Å². The van der Waals surface area contributed by atoms with Gasteiger partial charge in [-0.15, -0.1) is 0 Å². The summed E-state index contributed by atoms with van der Waals surface area (Å²) in [5.41, 5.74) is 1.14. The zero-order chi connectivity index (χ0) is 12.1. The summed E-state index contributed by atoms with van der Waals surface area (Å²) in [4.78, 5) is 0. The first-order valence-corrected chi connectivity index (χ1v) is 6.02. The van der Waals surface area contributed by atoms with Crippen LogP contribution in [0.15, 0.2) is 18.2 Å². The Labute approximate surface area is 102 Å². The minimum absolute atomic E-state index is 0.229. The van der Waals surface area contributed by atoms with Crippen LogP contribution in [-0.2, 0) is 4.74 Å². The van der Waals surface area contributed by atoms with Crippen LogP contribution in [0.4, 0.5) is 0 Å². The zero-order valence-corrected chi connectivity index (χ0v) is 10.4. The second kappa shape index (κ2) is 5.89. The summed E-state index contributed by atoms with van der Waals surface area (Å²) in [6.45, 7) is 6.75. The quantitative estimate of drug-likeness (QED) is 0.769. The van der Waals surface area contributed by atoms with Gasteiger partial charge in [0.15, 0.2) is 11.5 Å². The summed E-state index contributed by atoms with van der Waals surface area (Å²) in [5.74, 6) is 1.70. The second-order valence-electron chi connectivity index (χ2n) is 3.95. The predicted molar refractivity (Wildman–Crippen MR) is 65.5 cm³/mol. The van der Waals surface area contributed by atoms with Crippen LogP contribution in [0.25, 0.3) is 0 Å². The Hall–Kier alpha value is -1.26. The fourth-order valence-corrected chi connectivity index (χ4v) is 1.90. The zero-order valence-electron chi connectivity index (χ0n) is 10.4. The molecular weight excluding hydrogens is 218 g/mol. The highest BCUT2D eigenvalue weighted by molar-refractivity contribution is 5.49. The summed E-state index contributed by atoms with van der Waals surface area (Å²) in [7, 11) is 0. The number of benzene rings is 1. The van der Waals surface area contributed by atoms with Gasteiger partial charge in [0.1, 0.15) is 0 Å². The maximum Gasteiger partial charge on any atom is 0.231 e. The van der Waals surface area contributed by atoms with Crippen molar-refractivity contribution in [2.24, 2.45) is 0 Å². The van der Waals surface area contributed by atoms with E-state index in [1.165, 1.54) is 0 Å². The lowest BCUT2D eigenvalue weighted by Gasteiger charge is -2.15. The molecule has 94 valence electrons. The van der Waals surface area contributed by atoms with E-state index in [1.807, 2.05) is 19.1 Å². The van der Waals surface area contributed by atoms with Gasteiger partial charge in [0.2, 0.25) is 6.79 Å². The van der Waals surface area contributed by atoms with Gasteiger partial charge < -0.3 is 19.5 Å². The lowest BCUT2D eigenvalue weighted by Crippen LogP contribution is -2.23. The molecule has 0 spiro atoms. The van der Waals surface area contributed by atoms with Crippen molar-refractivity contribution in [3.63, 3.8) is 0 Å². The monoisotopic (exact) mass is 237 g/mol. The molecule has 1 heterocycles. The highest BCUT2D eigenvalue weighted by atomic mass is 16.7. The van der Waals surface area contributed by atoms with E-state index in [9.17, 15) is 0 Å². The van der Waals surface area contributed by atoms with Gasteiger partial charge >= 0.3 is 0 Å². The number of fused-ring (bicyclic) bond motifs is 1. The van der Waals surface area contributed by atoms with Gasteiger partial charge in [0.25, 0.3) is 0 Å². The fourth-order valence-electron chi connectivity index (χ4n) is 1.90. The van der Waals surface area contributed by atoms with Crippen LogP contribution in [0.3, 0.4) is 0 Å². The van der Waals surface area contributed by atoms with Crippen molar-refractivity contribution in [1.82, 2.24) is 5.32 Å². The second-order valence-corrected chi connectivity index (χ2v) is 3.95. The summed E-state index contributed by atoms with van der Waals surface area (Å²) >= 11 is 0. The molecule has 1 unspecified atom stereocenters. The van der Waals surface area contributed by atoms with Crippen LogP contribution in [0.2, 0.25) is 0 Å². The third kappa shape index (κ3) is 2.90. The lowest BCUT2D eigenvalue weighted by molar-refractivity contribution is 0.147. The molecule has 0 saturated carbocycles. The van der Waals surface area contributed by atoms with Crippen LogP contribution in [0.5, 0.6) is 11.5 Å². The number of ether oxygens (including phenoxy) is 3.